The van der Waals surface area contributed by atoms with Crippen LogP contribution in [-0.2, 0) is 4.83 Å². The molecule has 0 fully saturated rings. The molecule has 0 aromatic heterocycles. The van der Waals surface area contributed by atoms with Gasteiger partial charge in [-0.25, -0.2) is 4.39 Å². The molecule has 12 heavy (non-hydrogen) atoms. The van der Waals surface area contributed by atoms with Crippen molar-refractivity contribution in [1.82, 2.24) is 0 Å². The molecule has 0 saturated carbocycles. The van der Waals surface area contributed by atoms with Gasteiger partial charge in [0.25, 0.3) is 0 Å². The summed E-state index contributed by atoms with van der Waals surface area (Å²) in [5.41, 5.74) is -0.414. The van der Waals surface area contributed by atoms with Gasteiger partial charge in [0, 0.05) is 5.56 Å². The van der Waals surface area contributed by atoms with Crippen LogP contribution in [0.1, 0.15) is 5.56 Å². The first-order valence-corrected chi connectivity index (χ1v) is 4.52. The Kier molecular flexibility index (Phi) is 2.83. The highest BCUT2D eigenvalue weighted by Gasteiger charge is 2.30. The van der Waals surface area contributed by atoms with Gasteiger partial charge in [-0.3, -0.25) is 0 Å². The Morgan fingerprint density at radius 3 is 2.25 bits per heavy atom. The average Bonchev–Trinajstić information content (AvgIpc) is 1.92. The van der Waals surface area contributed by atoms with Crippen molar-refractivity contribution in [2.24, 2.45) is 0 Å². The Hall–Kier alpha value is -0.0300. The fourth-order valence-corrected chi connectivity index (χ4v) is 1.83. The van der Waals surface area contributed by atoms with E-state index >= 15 is 0 Å². The first kappa shape index (κ1) is 10.1. The zero-order chi connectivity index (χ0) is 9.35. The van der Waals surface area contributed by atoms with E-state index in [9.17, 15) is 13.2 Å². The zero-order valence-corrected chi connectivity index (χ0v) is 8.79. The molecule has 0 aliphatic heterocycles. The van der Waals surface area contributed by atoms with Crippen molar-refractivity contribution in [3.63, 3.8) is 0 Å². The first-order valence-electron chi connectivity index (χ1n) is 2.94. The normalized spacial score (nSPS) is 11.8. The van der Waals surface area contributed by atoms with E-state index in [2.05, 4.69) is 31.9 Å². The summed E-state index contributed by atoms with van der Waals surface area (Å²) in [7, 11) is 0. The van der Waals surface area contributed by atoms with E-state index in [-0.39, 0.29) is 4.47 Å². The van der Waals surface area contributed by atoms with E-state index in [1.54, 1.807) is 0 Å². The summed E-state index contributed by atoms with van der Waals surface area (Å²) in [6.07, 6.45) is 0. The quantitative estimate of drug-likeness (QED) is 0.687. The van der Waals surface area contributed by atoms with Crippen LogP contribution in [0.4, 0.5) is 13.2 Å². The summed E-state index contributed by atoms with van der Waals surface area (Å²) >= 11 is 4.87. The Bertz CT molecular complexity index is 293. The highest BCUT2D eigenvalue weighted by molar-refractivity contribution is 9.11. The minimum Gasteiger partial charge on any atom is -0.206 e. The van der Waals surface area contributed by atoms with E-state index in [4.69, 9.17) is 0 Å². The number of hydrogen-bond acceptors (Lipinski definition) is 0. The van der Waals surface area contributed by atoms with E-state index in [1.165, 1.54) is 6.07 Å². The average molecular weight is 304 g/mol. The molecule has 0 aliphatic carbocycles. The fourth-order valence-electron chi connectivity index (χ4n) is 0.723. The van der Waals surface area contributed by atoms with Gasteiger partial charge in [-0.1, -0.05) is 12.1 Å². The predicted molar refractivity (Wildman–Crippen MR) is 46.9 cm³/mol. The van der Waals surface area contributed by atoms with Crippen LogP contribution in [0.25, 0.3) is 0 Å². The Morgan fingerprint density at radius 2 is 1.83 bits per heavy atom. The number of halogens is 5. The second-order valence-electron chi connectivity index (χ2n) is 2.10. The van der Waals surface area contributed by atoms with Crippen LogP contribution in [0.5, 0.6) is 0 Å². The molecule has 0 radical (unpaired) electrons. The molecule has 0 spiro atoms. The van der Waals surface area contributed by atoms with Gasteiger partial charge in [0.2, 0.25) is 0 Å². The maximum absolute atomic E-state index is 12.7. The van der Waals surface area contributed by atoms with Crippen molar-refractivity contribution >= 4 is 31.9 Å². The predicted octanol–water partition coefficient (Wildman–Crippen LogP) is 4.03. The lowest BCUT2D eigenvalue weighted by Gasteiger charge is -2.10. The fraction of sp³-hybridized carbons (Fsp3) is 0.143. The number of benzene rings is 1. The SMILES string of the molecule is Fc1cccc(C(F)(F)Br)c1Br. The standard InChI is InChI=1S/C7H3Br2F3/c8-6-4(7(9,11)12)2-1-3-5(6)10/h1-3H. The maximum atomic E-state index is 12.7. The van der Waals surface area contributed by atoms with E-state index in [0.29, 0.717) is 0 Å². The van der Waals surface area contributed by atoms with Crippen LogP contribution in [0.3, 0.4) is 0 Å². The van der Waals surface area contributed by atoms with Crippen molar-refractivity contribution in [1.29, 1.82) is 0 Å². The van der Waals surface area contributed by atoms with E-state index < -0.39 is 16.2 Å². The molecule has 0 unspecified atom stereocenters. The largest absolute Gasteiger partial charge is 0.327 e. The van der Waals surface area contributed by atoms with Crippen LogP contribution < -0.4 is 0 Å². The third-order valence-electron chi connectivity index (χ3n) is 1.26. The second-order valence-corrected chi connectivity index (χ2v) is 3.89. The van der Waals surface area contributed by atoms with Crippen molar-refractivity contribution in [2.45, 2.75) is 4.83 Å². The molecule has 66 valence electrons. The zero-order valence-electron chi connectivity index (χ0n) is 5.62. The minimum atomic E-state index is -3.20. The molecule has 0 aliphatic rings. The van der Waals surface area contributed by atoms with Gasteiger partial charge in [-0.05, 0) is 37.9 Å². The summed E-state index contributed by atoms with van der Waals surface area (Å²) in [5.74, 6) is -0.702. The van der Waals surface area contributed by atoms with Crippen LogP contribution in [-0.4, -0.2) is 0 Å². The van der Waals surface area contributed by atoms with Crippen LogP contribution >= 0.6 is 31.9 Å². The molecule has 0 amide bonds. The minimum absolute atomic E-state index is 0.216. The highest BCUT2D eigenvalue weighted by atomic mass is 79.9. The Morgan fingerprint density at radius 1 is 1.25 bits per heavy atom. The lowest BCUT2D eigenvalue weighted by atomic mass is 10.2. The van der Waals surface area contributed by atoms with Crippen LogP contribution in [0, 0.1) is 5.82 Å². The molecule has 1 rings (SSSR count). The van der Waals surface area contributed by atoms with Gasteiger partial charge in [-0.2, -0.15) is 8.78 Å². The molecule has 1 aromatic rings. The third kappa shape index (κ3) is 2.01. The van der Waals surface area contributed by atoms with Gasteiger partial charge in [0.15, 0.2) is 0 Å². The number of hydrogen-bond donors (Lipinski definition) is 0. The van der Waals surface area contributed by atoms with Gasteiger partial charge < -0.3 is 0 Å². The van der Waals surface area contributed by atoms with Gasteiger partial charge in [0.05, 0.1) is 4.47 Å². The number of rotatable bonds is 1. The summed E-state index contributed by atoms with van der Waals surface area (Å²) < 4.78 is 37.7. The molecule has 0 nitrogen and oxygen atoms in total. The van der Waals surface area contributed by atoms with Crippen LogP contribution in [0.15, 0.2) is 22.7 Å². The number of alkyl halides is 3. The Labute approximate surface area is 84.0 Å². The molecule has 1 aromatic carbocycles. The molecule has 0 atom stereocenters. The Balaban J connectivity index is 3.26. The lowest BCUT2D eigenvalue weighted by molar-refractivity contribution is 0.113. The monoisotopic (exact) mass is 302 g/mol. The van der Waals surface area contributed by atoms with Crippen molar-refractivity contribution in [3.8, 4) is 0 Å². The topological polar surface area (TPSA) is 0 Å². The van der Waals surface area contributed by atoms with Crippen molar-refractivity contribution in [2.75, 3.05) is 0 Å². The van der Waals surface area contributed by atoms with E-state index in [1.807, 2.05) is 0 Å². The molecule has 0 bridgehead atoms. The lowest BCUT2D eigenvalue weighted by Crippen LogP contribution is -2.04. The van der Waals surface area contributed by atoms with Gasteiger partial charge in [0.1, 0.15) is 5.82 Å². The molecular formula is C7H3Br2F3. The summed E-state index contributed by atoms with van der Waals surface area (Å²) in [4.78, 5) is -3.20. The molecule has 5 heteroatoms. The summed E-state index contributed by atoms with van der Waals surface area (Å²) in [6, 6.07) is 3.47. The summed E-state index contributed by atoms with van der Waals surface area (Å²) in [6.45, 7) is 0. The smallest absolute Gasteiger partial charge is 0.206 e. The molecule has 0 N–H and O–H groups in total. The molecule has 0 saturated heterocycles. The highest BCUT2D eigenvalue weighted by Crippen LogP contribution is 2.39. The van der Waals surface area contributed by atoms with Crippen LogP contribution in [0.2, 0.25) is 0 Å². The van der Waals surface area contributed by atoms with Gasteiger partial charge in [-0.15, -0.1) is 0 Å². The summed E-state index contributed by atoms with van der Waals surface area (Å²) in [5, 5.41) is 0. The molecule has 0 heterocycles. The van der Waals surface area contributed by atoms with Crippen molar-refractivity contribution < 1.29 is 13.2 Å². The molecular weight excluding hydrogens is 301 g/mol. The first-order chi connectivity index (χ1) is 5.43. The second kappa shape index (κ2) is 3.38. The van der Waals surface area contributed by atoms with Gasteiger partial charge >= 0.3 is 4.83 Å². The third-order valence-corrected chi connectivity index (χ3v) is 2.49. The maximum Gasteiger partial charge on any atom is 0.327 e. The van der Waals surface area contributed by atoms with Crippen molar-refractivity contribution in [3.05, 3.63) is 34.1 Å². The van der Waals surface area contributed by atoms with E-state index in [0.717, 1.165) is 12.1 Å².